The Hall–Kier alpha value is -0.0900. The van der Waals surface area contributed by atoms with Crippen LogP contribution in [0.3, 0.4) is 0 Å². The van der Waals surface area contributed by atoms with E-state index in [0.29, 0.717) is 17.4 Å². The van der Waals surface area contributed by atoms with Crippen LogP contribution in [0.2, 0.25) is 0 Å². The first-order valence-corrected chi connectivity index (χ1v) is 7.69. The second-order valence-electron chi connectivity index (χ2n) is 5.15. The molecular weight excluding hydrogens is 210 g/mol. The van der Waals surface area contributed by atoms with Gasteiger partial charge in [0.1, 0.15) is 0 Å². The molecule has 1 aliphatic rings. The zero-order chi connectivity index (χ0) is 11.5. The van der Waals surface area contributed by atoms with Crippen LogP contribution in [-0.2, 0) is 9.84 Å². The van der Waals surface area contributed by atoms with Gasteiger partial charge < -0.3 is 5.73 Å². The van der Waals surface area contributed by atoms with Crippen LogP contribution in [0, 0.1) is 11.8 Å². The fourth-order valence-corrected chi connectivity index (χ4v) is 4.19. The van der Waals surface area contributed by atoms with Crippen LogP contribution in [0.15, 0.2) is 0 Å². The van der Waals surface area contributed by atoms with Crippen molar-refractivity contribution in [2.45, 2.75) is 45.6 Å². The number of rotatable bonds is 5. The van der Waals surface area contributed by atoms with Gasteiger partial charge in [-0.1, -0.05) is 20.3 Å². The maximum atomic E-state index is 11.7. The molecule has 2 N–H and O–H groups in total. The highest BCUT2D eigenvalue weighted by Gasteiger charge is 2.25. The molecule has 1 fully saturated rings. The van der Waals surface area contributed by atoms with E-state index in [0.717, 1.165) is 25.7 Å². The van der Waals surface area contributed by atoms with Crippen LogP contribution in [0.5, 0.6) is 0 Å². The van der Waals surface area contributed by atoms with Crippen molar-refractivity contribution in [3.8, 4) is 0 Å². The molecule has 90 valence electrons. The average molecular weight is 233 g/mol. The third kappa shape index (κ3) is 4.51. The molecule has 4 heteroatoms. The lowest BCUT2D eigenvalue weighted by atomic mass is 10.0. The van der Waals surface area contributed by atoms with Gasteiger partial charge >= 0.3 is 0 Å². The molecule has 1 saturated carbocycles. The van der Waals surface area contributed by atoms with Gasteiger partial charge in [-0.05, 0) is 31.1 Å². The van der Waals surface area contributed by atoms with Gasteiger partial charge in [-0.2, -0.15) is 0 Å². The Kier molecular flexibility index (Phi) is 4.59. The lowest BCUT2D eigenvalue weighted by Crippen LogP contribution is -2.27. The van der Waals surface area contributed by atoms with Crippen molar-refractivity contribution in [1.29, 1.82) is 0 Å². The molecule has 1 aliphatic carbocycles. The Labute approximate surface area is 93.3 Å². The van der Waals surface area contributed by atoms with Crippen molar-refractivity contribution in [3.63, 3.8) is 0 Å². The molecule has 0 radical (unpaired) electrons. The Morgan fingerprint density at radius 1 is 1.33 bits per heavy atom. The van der Waals surface area contributed by atoms with E-state index < -0.39 is 9.84 Å². The van der Waals surface area contributed by atoms with E-state index in [4.69, 9.17) is 5.73 Å². The van der Waals surface area contributed by atoms with Gasteiger partial charge in [0.25, 0.3) is 0 Å². The second-order valence-corrected chi connectivity index (χ2v) is 7.38. The fourth-order valence-electron chi connectivity index (χ4n) is 2.35. The van der Waals surface area contributed by atoms with E-state index in [1.165, 1.54) is 0 Å². The van der Waals surface area contributed by atoms with Gasteiger partial charge in [0, 0.05) is 6.04 Å². The maximum Gasteiger partial charge on any atom is 0.150 e. The van der Waals surface area contributed by atoms with Crippen molar-refractivity contribution < 1.29 is 8.42 Å². The third-order valence-corrected chi connectivity index (χ3v) is 5.14. The molecule has 0 spiro atoms. The lowest BCUT2D eigenvalue weighted by molar-refractivity contribution is 0.463. The van der Waals surface area contributed by atoms with Crippen molar-refractivity contribution in [2.24, 2.45) is 17.6 Å². The monoisotopic (exact) mass is 233 g/mol. The summed E-state index contributed by atoms with van der Waals surface area (Å²) in [5.41, 5.74) is 5.91. The summed E-state index contributed by atoms with van der Waals surface area (Å²) in [5, 5.41) is 0. The Morgan fingerprint density at radius 2 is 2.00 bits per heavy atom. The first-order chi connectivity index (χ1) is 6.91. The highest BCUT2D eigenvalue weighted by atomic mass is 32.2. The highest BCUT2D eigenvalue weighted by molar-refractivity contribution is 7.91. The van der Waals surface area contributed by atoms with Crippen molar-refractivity contribution >= 4 is 9.84 Å². The van der Waals surface area contributed by atoms with Gasteiger partial charge in [-0.25, -0.2) is 8.42 Å². The van der Waals surface area contributed by atoms with E-state index in [1.807, 2.05) is 13.8 Å². The summed E-state index contributed by atoms with van der Waals surface area (Å²) in [6.45, 7) is 3.89. The van der Waals surface area contributed by atoms with E-state index in [9.17, 15) is 8.42 Å². The lowest BCUT2D eigenvalue weighted by Gasteiger charge is -2.15. The smallest absolute Gasteiger partial charge is 0.150 e. The molecule has 0 aromatic heterocycles. The summed E-state index contributed by atoms with van der Waals surface area (Å²) >= 11 is 0. The minimum Gasteiger partial charge on any atom is -0.327 e. The summed E-state index contributed by atoms with van der Waals surface area (Å²) < 4.78 is 23.3. The van der Waals surface area contributed by atoms with Crippen LogP contribution in [0.25, 0.3) is 0 Å². The second kappa shape index (κ2) is 5.30. The Balaban J connectivity index is 2.35. The van der Waals surface area contributed by atoms with Crippen LogP contribution < -0.4 is 5.73 Å². The molecule has 0 heterocycles. The highest BCUT2D eigenvalue weighted by Crippen LogP contribution is 2.27. The van der Waals surface area contributed by atoms with Crippen LogP contribution in [0.1, 0.15) is 39.5 Å². The van der Waals surface area contributed by atoms with Gasteiger partial charge in [0.2, 0.25) is 0 Å². The normalized spacial score (nSPS) is 27.5. The average Bonchev–Trinajstić information content (AvgIpc) is 2.45. The van der Waals surface area contributed by atoms with E-state index in [2.05, 4.69) is 0 Å². The molecule has 1 rings (SSSR count). The predicted octanol–water partition coefficient (Wildman–Crippen LogP) is 1.57. The molecular formula is C11H23NO2S. The molecule has 0 aliphatic heterocycles. The van der Waals surface area contributed by atoms with Gasteiger partial charge in [0.15, 0.2) is 9.84 Å². The summed E-state index contributed by atoms with van der Waals surface area (Å²) in [6, 6.07) is 0.235. The molecule has 2 unspecified atom stereocenters. The molecule has 0 saturated heterocycles. The quantitative estimate of drug-likeness (QED) is 0.784. The SMILES string of the molecule is CC(C)CS(=O)(=O)CCC1CCCC1N. The first kappa shape index (κ1) is 13.0. The van der Waals surface area contributed by atoms with E-state index in [-0.39, 0.29) is 12.0 Å². The molecule has 0 aromatic carbocycles. The number of nitrogens with two attached hydrogens (primary N) is 1. The van der Waals surface area contributed by atoms with Gasteiger partial charge in [0.05, 0.1) is 11.5 Å². The predicted molar refractivity (Wildman–Crippen MR) is 63.4 cm³/mol. The molecule has 0 amide bonds. The molecule has 3 nitrogen and oxygen atoms in total. The Morgan fingerprint density at radius 3 is 2.47 bits per heavy atom. The summed E-state index contributed by atoms with van der Waals surface area (Å²) in [4.78, 5) is 0. The van der Waals surface area contributed by atoms with Crippen LogP contribution in [-0.4, -0.2) is 26.0 Å². The van der Waals surface area contributed by atoms with Gasteiger partial charge in [-0.15, -0.1) is 0 Å². The van der Waals surface area contributed by atoms with Crippen molar-refractivity contribution in [3.05, 3.63) is 0 Å². The molecule has 0 bridgehead atoms. The topological polar surface area (TPSA) is 60.2 Å². The molecule has 15 heavy (non-hydrogen) atoms. The minimum absolute atomic E-state index is 0.229. The minimum atomic E-state index is -2.85. The zero-order valence-electron chi connectivity index (χ0n) is 9.78. The standard InChI is InChI=1S/C11H23NO2S/c1-9(2)8-15(13,14)7-6-10-4-3-5-11(10)12/h9-11H,3-8,12H2,1-2H3. The fraction of sp³-hybridized carbons (Fsp3) is 1.00. The largest absolute Gasteiger partial charge is 0.327 e. The van der Waals surface area contributed by atoms with Crippen molar-refractivity contribution in [1.82, 2.24) is 0 Å². The van der Waals surface area contributed by atoms with Crippen LogP contribution >= 0.6 is 0 Å². The molecule has 2 atom stereocenters. The zero-order valence-corrected chi connectivity index (χ0v) is 10.6. The van der Waals surface area contributed by atoms with E-state index >= 15 is 0 Å². The Bertz CT molecular complexity index is 285. The number of hydrogen-bond acceptors (Lipinski definition) is 3. The summed E-state index contributed by atoms with van der Waals surface area (Å²) in [7, 11) is -2.85. The van der Waals surface area contributed by atoms with Crippen molar-refractivity contribution in [2.75, 3.05) is 11.5 Å². The summed E-state index contributed by atoms with van der Waals surface area (Å²) in [5.74, 6) is 1.30. The number of sulfone groups is 1. The molecule has 0 aromatic rings. The third-order valence-electron chi connectivity index (χ3n) is 3.10. The number of hydrogen-bond donors (Lipinski definition) is 1. The van der Waals surface area contributed by atoms with E-state index in [1.54, 1.807) is 0 Å². The van der Waals surface area contributed by atoms with Gasteiger partial charge in [-0.3, -0.25) is 0 Å². The first-order valence-electron chi connectivity index (χ1n) is 5.87. The summed E-state index contributed by atoms with van der Waals surface area (Å²) in [6.07, 6.45) is 4.10. The maximum absolute atomic E-state index is 11.7. The van der Waals surface area contributed by atoms with Crippen LogP contribution in [0.4, 0.5) is 0 Å².